The molecule has 0 aromatic heterocycles. The first kappa shape index (κ1) is 18.0. The minimum Gasteiger partial charge on any atom is -0.224 e. The summed E-state index contributed by atoms with van der Waals surface area (Å²) in [5.74, 6) is 0. The zero-order valence-corrected chi connectivity index (χ0v) is 19.2. The van der Waals surface area contributed by atoms with Gasteiger partial charge in [0.2, 0.25) is 0 Å². The highest BCUT2D eigenvalue weighted by Crippen LogP contribution is 2.63. The number of benzene rings is 4. The molecule has 0 unspecified atom stereocenters. The fourth-order valence-corrected chi connectivity index (χ4v) is 7.60. The molecular weight excluding hydrogens is 398 g/mol. The molecule has 0 atom stereocenters. The van der Waals surface area contributed by atoms with Crippen molar-refractivity contribution >= 4 is 5.71 Å². The van der Waals surface area contributed by atoms with Crippen LogP contribution in [0.4, 0.5) is 0 Å². The van der Waals surface area contributed by atoms with Crippen molar-refractivity contribution in [2.75, 3.05) is 6.54 Å². The maximum Gasteiger partial charge on any atom is 0.184 e. The van der Waals surface area contributed by atoms with Gasteiger partial charge in [0.05, 0.1) is 11.0 Å². The van der Waals surface area contributed by atoms with Crippen molar-refractivity contribution in [3.05, 3.63) is 118 Å². The highest BCUT2D eigenvalue weighted by Gasteiger charge is 2.54. The lowest BCUT2D eigenvalue weighted by atomic mass is 9.69. The summed E-state index contributed by atoms with van der Waals surface area (Å²) >= 11 is 0. The second-order valence-electron chi connectivity index (χ2n) is 10.6. The maximum atomic E-state index is 2.67. The summed E-state index contributed by atoms with van der Waals surface area (Å²) in [5, 5.41) is 0. The maximum absolute atomic E-state index is 2.67. The molecule has 0 radical (unpaired) electrons. The number of hydrogen-bond donors (Lipinski definition) is 0. The SMILES string of the molecule is CC1(C)c2cc3c(cc2C2=[N+]1CCC2)-c1ccccc1C31c2ccccc2-c2ccccc21. The van der Waals surface area contributed by atoms with Crippen molar-refractivity contribution in [1.82, 2.24) is 0 Å². The molecule has 0 amide bonds. The summed E-state index contributed by atoms with van der Waals surface area (Å²) in [6.45, 7) is 6.01. The smallest absolute Gasteiger partial charge is 0.184 e. The van der Waals surface area contributed by atoms with Gasteiger partial charge in [-0.05, 0) is 56.6 Å². The van der Waals surface area contributed by atoms with Gasteiger partial charge in [-0.15, -0.1) is 0 Å². The van der Waals surface area contributed by atoms with Gasteiger partial charge in [0.1, 0.15) is 6.54 Å². The second kappa shape index (κ2) is 5.72. The summed E-state index contributed by atoms with van der Waals surface area (Å²) in [6, 6.07) is 32.5. The van der Waals surface area contributed by atoms with E-state index in [0.717, 1.165) is 0 Å². The lowest BCUT2D eigenvalue weighted by molar-refractivity contribution is -0.598. The number of nitrogens with zero attached hydrogens (tertiary/aromatic N) is 1. The van der Waals surface area contributed by atoms with Crippen LogP contribution in [-0.4, -0.2) is 16.8 Å². The molecule has 1 nitrogen and oxygen atoms in total. The van der Waals surface area contributed by atoms with Crippen LogP contribution in [0.2, 0.25) is 0 Å². The van der Waals surface area contributed by atoms with E-state index in [2.05, 4.69) is 103 Å². The lowest BCUT2D eigenvalue weighted by Gasteiger charge is -2.31. The molecule has 33 heavy (non-hydrogen) atoms. The van der Waals surface area contributed by atoms with Gasteiger partial charge in [-0.25, -0.2) is 4.58 Å². The zero-order valence-electron chi connectivity index (χ0n) is 19.2. The van der Waals surface area contributed by atoms with E-state index >= 15 is 0 Å². The molecule has 8 rings (SSSR count). The normalized spacial score (nSPS) is 19.2. The summed E-state index contributed by atoms with van der Waals surface area (Å²) in [6.07, 6.45) is 2.48. The first-order valence-electron chi connectivity index (χ1n) is 12.3. The predicted molar refractivity (Wildman–Crippen MR) is 134 cm³/mol. The van der Waals surface area contributed by atoms with Gasteiger partial charge >= 0.3 is 0 Å². The largest absolute Gasteiger partial charge is 0.224 e. The van der Waals surface area contributed by atoms with Crippen LogP contribution >= 0.6 is 0 Å². The summed E-state index contributed by atoms with van der Waals surface area (Å²) in [7, 11) is 0. The van der Waals surface area contributed by atoms with Gasteiger partial charge < -0.3 is 0 Å². The molecule has 0 saturated carbocycles. The van der Waals surface area contributed by atoms with Gasteiger partial charge in [-0.1, -0.05) is 72.8 Å². The van der Waals surface area contributed by atoms with Crippen LogP contribution in [0.1, 0.15) is 60.1 Å². The van der Waals surface area contributed by atoms with Gasteiger partial charge in [0.25, 0.3) is 0 Å². The molecule has 1 spiro atoms. The average Bonchev–Trinajstić information content (AvgIpc) is 3.57. The molecule has 4 aliphatic rings. The summed E-state index contributed by atoms with van der Waals surface area (Å²) in [5.41, 5.74) is 15.7. The molecule has 0 bridgehead atoms. The Labute approximate surface area is 195 Å². The van der Waals surface area contributed by atoms with Crippen molar-refractivity contribution in [3.8, 4) is 22.3 Å². The highest BCUT2D eigenvalue weighted by molar-refractivity contribution is 6.04. The minimum atomic E-state index is -0.234. The molecule has 2 aliphatic carbocycles. The van der Waals surface area contributed by atoms with E-state index in [4.69, 9.17) is 0 Å². The van der Waals surface area contributed by atoms with Gasteiger partial charge in [0, 0.05) is 32.3 Å². The molecule has 0 N–H and O–H groups in total. The third kappa shape index (κ3) is 1.88. The van der Waals surface area contributed by atoms with Crippen LogP contribution in [0.5, 0.6) is 0 Å². The van der Waals surface area contributed by atoms with Gasteiger partial charge in [-0.3, -0.25) is 0 Å². The topological polar surface area (TPSA) is 3.01 Å². The Bertz CT molecular complexity index is 1520. The molecule has 158 valence electrons. The molecule has 0 fully saturated rings. The standard InChI is InChI=1S/C32H26N/c1-31(2)28-19-29-23(18-24(28)30-16-9-17-33(30)31)22-12-5-8-15-27(22)32(29)25-13-6-3-10-20(25)21-11-4-7-14-26(21)32/h3-8,10-15,18-19H,9,16-17H2,1-2H3/q+1. The lowest BCUT2D eigenvalue weighted by Crippen LogP contribution is -2.31. The van der Waals surface area contributed by atoms with E-state index < -0.39 is 0 Å². The number of hydrogen-bond acceptors (Lipinski definition) is 0. The van der Waals surface area contributed by atoms with E-state index in [1.807, 2.05) is 0 Å². The Kier molecular flexibility index (Phi) is 3.13. The third-order valence-electron chi connectivity index (χ3n) is 8.90. The van der Waals surface area contributed by atoms with Crippen molar-refractivity contribution in [2.24, 2.45) is 0 Å². The fourth-order valence-electron chi connectivity index (χ4n) is 7.60. The van der Waals surface area contributed by atoms with Gasteiger partial charge in [0.15, 0.2) is 11.3 Å². The quantitative estimate of drug-likeness (QED) is 0.234. The van der Waals surface area contributed by atoms with Crippen molar-refractivity contribution in [3.63, 3.8) is 0 Å². The van der Waals surface area contributed by atoms with Crippen LogP contribution < -0.4 is 0 Å². The Morgan fingerprint density at radius 1 is 0.576 bits per heavy atom. The molecule has 2 heterocycles. The summed E-state index contributed by atoms with van der Waals surface area (Å²) < 4.78 is 2.67. The Morgan fingerprint density at radius 2 is 1.12 bits per heavy atom. The molecule has 4 aromatic rings. The van der Waals surface area contributed by atoms with Crippen molar-refractivity contribution in [2.45, 2.75) is 37.6 Å². The van der Waals surface area contributed by atoms with E-state index in [1.165, 1.54) is 75.0 Å². The first-order valence-corrected chi connectivity index (χ1v) is 12.3. The Morgan fingerprint density at radius 3 is 1.73 bits per heavy atom. The number of fused-ring (bicyclic) bond motifs is 12. The van der Waals surface area contributed by atoms with E-state index in [0.29, 0.717) is 0 Å². The predicted octanol–water partition coefficient (Wildman–Crippen LogP) is 6.87. The van der Waals surface area contributed by atoms with Crippen LogP contribution in [0.3, 0.4) is 0 Å². The zero-order chi connectivity index (χ0) is 21.9. The van der Waals surface area contributed by atoms with E-state index in [1.54, 1.807) is 5.71 Å². The fraction of sp³-hybridized carbons (Fsp3) is 0.219. The highest BCUT2D eigenvalue weighted by atomic mass is 15.1. The van der Waals surface area contributed by atoms with Crippen molar-refractivity contribution < 1.29 is 4.58 Å². The number of rotatable bonds is 0. The van der Waals surface area contributed by atoms with Crippen LogP contribution in [0.15, 0.2) is 84.9 Å². The Balaban J connectivity index is 1.55. The van der Waals surface area contributed by atoms with Gasteiger partial charge in [-0.2, -0.15) is 0 Å². The molecule has 0 saturated heterocycles. The molecular formula is C32H26N+. The first-order chi connectivity index (χ1) is 16.1. The third-order valence-corrected chi connectivity index (χ3v) is 8.90. The molecule has 4 aromatic carbocycles. The van der Waals surface area contributed by atoms with Crippen LogP contribution in [0.25, 0.3) is 22.3 Å². The minimum absolute atomic E-state index is 0.0454. The Hall–Kier alpha value is -3.45. The molecule has 1 heteroatoms. The second-order valence-corrected chi connectivity index (χ2v) is 10.6. The summed E-state index contributed by atoms with van der Waals surface area (Å²) in [4.78, 5) is 0. The monoisotopic (exact) mass is 424 g/mol. The van der Waals surface area contributed by atoms with E-state index in [9.17, 15) is 0 Å². The molecule has 2 aliphatic heterocycles. The average molecular weight is 425 g/mol. The van der Waals surface area contributed by atoms with Crippen molar-refractivity contribution in [1.29, 1.82) is 0 Å². The van der Waals surface area contributed by atoms with Crippen LogP contribution in [0, 0.1) is 0 Å². The van der Waals surface area contributed by atoms with Crippen LogP contribution in [-0.2, 0) is 11.0 Å². The van der Waals surface area contributed by atoms with E-state index in [-0.39, 0.29) is 11.0 Å².